The summed E-state index contributed by atoms with van der Waals surface area (Å²) >= 11 is 0. The molecule has 3 aromatic heterocycles. The van der Waals surface area contributed by atoms with Crippen LogP contribution < -0.4 is 37.6 Å². The lowest BCUT2D eigenvalue weighted by Gasteiger charge is -2.22. The quantitative estimate of drug-likeness (QED) is 0.0452. The first-order valence-electron chi connectivity index (χ1n) is 19.7. The highest BCUT2D eigenvalue weighted by atomic mass is 16.2. The van der Waals surface area contributed by atoms with Gasteiger partial charge < -0.3 is 52.6 Å². The standard InChI is InChI=1S/C42H47N13O5/c43-14-36(56)54-34(12-31-18-46-23-51-31)41(59)49-21-38(58)55-35(13-32-19-47-24-52-32)42(60)48-20-37(57)53-30(10-9-29-16-45-22-50-29)17-44-15-28-11-27-5-1-3-25-7-8-26-4-2-6-33(28)40(26)39(25)27/h1-8,11,16,18-19,22-24,30,34-35,44H,9-10,12-15,17,20-21,43H2,(H,45,50)(H,46,51)(H,47,52)(H,48,60)(H,49,59)(H,53,57)(H,54,56)(H,55,58). The van der Waals surface area contributed by atoms with E-state index in [0.717, 1.165) is 11.3 Å². The molecule has 0 spiro atoms. The van der Waals surface area contributed by atoms with Gasteiger partial charge in [0.25, 0.3) is 0 Å². The van der Waals surface area contributed by atoms with Gasteiger partial charge in [0.05, 0.1) is 38.6 Å². The van der Waals surface area contributed by atoms with Crippen LogP contribution in [0.4, 0.5) is 0 Å². The number of carbonyl (C=O) groups excluding carboxylic acids is 5. The van der Waals surface area contributed by atoms with E-state index in [1.54, 1.807) is 12.5 Å². The molecule has 0 aliphatic rings. The fraction of sp³-hybridized carbons (Fsp3) is 0.286. The third kappa shape index (κ3) is 10.5. The van der Waals surface area contributed by atoms with Crippen molar-refractivity contribution in [1.29, 1.82) is 0 Å². The number of carbonyl (C=O) groups is 5. The molecule has 0 bridgehead atoms. The second-order valence-electron chi connectivity index (χ2n) is 14.5. The van der Waals surface area contributed by atoms with Crippen LogP contribution >= 0.6 is 0 Å². The number of amides is 5. The summed E-state index contributed by atoms with van der Waals surface area (Å²) in [6.07, 6.45) is 10.6. The van der Waals surface area contributed by atoms with E-state index in [9.17, 15) is 24.0 Å². The molecule has 0 aliphatic carbocycles. The summed E-state index contributed by atoms with van der Waals surface area (Å²) in [6.45, 7) is -0.157. The van der Waals surface area contributed by atoms with Gasteiger partial charge in [0.15, 0.2) is 0 Å². The first-order chi connectivity index (χ1) is 29.2. The Morgan fingerprint density at radius 3 is 1.78 bits per heavy atom. The predicted molar refractivity (Wildman–Crippen MR) is 224 cm³/mol. The molecule has 0 saturated heterocycles. The number of aryl methyl sites for hydroxylation is 1. The summed E-state index contributed by atoms with van der Waals surface area (Å²) in [4.78, 5) is 85.9. The Labute approximate surface area is 344 Å². The number of hydrogen-bond donors (Lipinski definition) is 10. The zero-order valence-corrected chi connectivity index (χ0v) is 32.7. The van der Waals surface area contributed by atoms with Gasteiger partial charge in [-0.15, -0.1) is 0 Å². The van der Waals surface area contributed by atoms with E-state index in [2.05, 4.69) is 116 Å². The zero-order chi connectivity index (χ0) is 41.8. The van der Waals surface area contributed by atoms with Gasteiger partial charge >= 0.3 is 0 Å². The summed E-state index contributed by atoms with van der Waals surface area (Å²) in [6, 6.07) is 16.8. The first kappa shape index (κ1) is 41.0. The number of aromatic amines is 3. The van der Waals surface area contributed by atoms with Crippen LogP contribution in [0.15, 0.2) is 92.2 Å². The number of nitrogens with two attached hydrogens (primary N) is 1. The molecule has 3 atom stereocenters. The van der Waals surface area contributed by atoms with Crippen LogP contribution in [0, 0.1) is 0 Å². The third-order valence-corrected chi connectivity index (χ3v) is 10.3. The van der Waals surface area contributed by atoms with Gasteiger partial charge in [-0.25, -0.2) is 15.0 Å². The minimum absolute atomic E-state index is 0.0292. The smallest absolute Gasteiger partial charge is 0.243 e. The molecule has 0 radical (unpaired) electrons. The average molecular weight is 814 g/mol. The van der Waals surface area contributed by atoms with E-state index in [-0.39, 0.29) is 32.0 Å². The number of H-pyrrole nitrogens is 3. The molecule has 7 rings (SSSR count). The number of nitrogens with zero attached hydrogens (tertiary/aromatic N) is 3. The van der Waals surface area contributed by atoms with Crippen LogP contribution in [0.25, 0.3) is 32.3 Å². The molecule has 0 aliphatic heterocycles. The van der Waals surface area contributed by atoms with Crippen molar-refractivity contribution in [2.75, 3.05) is 26.2 Å². The van der Waals surface area contributed by atoms with Crippen molar-refractivity contribution in [2.24, 2.45) is 5.73 Å². The molecule has 3 unspecified atom stereocenters. The topological polar surface area (TPSA) is 270 Å². The summed E-state index contributed by atoms with van der Waals surface area (Å²) in [5.41, 5.74) is 8.64. The zero-order valence-electron chi connectivity index (χ0n) is 32.7. The van der Waals surface area contributed by atoms with Crippen LogP contribution in [-0.2, 0) is 49.8 Å². The maximum atomic E-state index is 13.5. The van der Waals surface area contributed by atoms with Gasteiger partial charge in [-0.05, 0) is 56.8 Å². The van der Waals surface area contributed by atoms with E-state index in [1.165, 1.54) is 57.4 Å². The summed E-state index contributed by atoms with van der Waals surface area (Å²) in [5, 5.41) is 24.1. The minimum atomic E-state index is -1.12. The Morgan fingerprint density at radius 2 is 1.18 bits per heavy atom. The second-order valence-corrected chi connectivity index (χ2v) is 14.5. The highest BCUT2D eigenvalue weighted by molar-refractivity contribution is 6.23. The van der Waals surface area contributed by atoms with Crippen LogP contribution in [0.1, 0.15) is 29.1 Å². The molecule has 4 aromatic carbocycles. The maximum absolute atomic E-state index is 13.5. The van der Waals surface area contributed by atoms with E-state index >= 15 is 0 Å². The van der Waals surface area contributed by atoms with Crippen molar-refractivity contribution in [3.8, 4) is 0 Å². The van der Waals surface area contributed by atoms with Crippen molar-refractivity contribution in [3.05, 3.63) is 115 Å². The van der Waals surface area contributed by atoms with E-state index < -0.39 is 48.2 Å². The van der Waals surface area contributed by atoms with Gasteiger partial charge in [0.2, 0.25) is 29.5 Å². The lowest BCUT2D eigenvalue weighted by atomic mass is 9.91. The Balaban J connectivity index is 0.955. The molecule has 7 aromatic rings. The van der Waals surface area contributed by atoms with E-state index in [1.807, 2.05) is 0 Å². The average Bonchev–Trinajstić information content (AvgIpc) is 4.09. The predicted octanol–water partition coefficient (Wildman–Crippen LogP) is 0.607. The highest BCUT2D eigenvalue weighted by Gasteiger charge is 2.26. The SMILES string of the molecule is NCC(=O)NC(Cc1cnc[nH]1)C(=O)NCC(=O)NC(Cc1cnc[nH]1)C(=O)NCC(=O)NC(CCc1cnc[nH]1)CNCc1cc2cccc3ccc4cccc1c4c32. The Kier molecular flexibility index (Phi) is 13.3. The van der Waals surface area contributed by atoms with Crippen molar-refractivity contribution in [1.82, 2.24) is 61.8 Å². The third-order valence-electron chi connectivity index (χ3n) is 10.3. The first-order valence-corrected chi connectivity index (χ1v) is 19.7. The van der Waals surface area contributed by atoms with Crippen molar-refractivity contribution in [2.45, 2.75) is 50.4 Å². The molecule has 3 heterocycles. The number of rotatable bonds is 21. The van der Waals surface area contributed by atoms with Crippen molar-refractivity contribution in [3.63, 3.8) is 0 Å². The highest BCUT2D eigenvalue weighted by Crippen LogP contribution is 2.36. The number of aromatic nitrogens is 6. The lowest BCUT2D eigenvalue weighted by Crippen LogP contribution is -2.54. The lowest BCUT2D eigenvalue weighted by molar-refractivity contribution is -0.132. The van der Waals surface area contributed by atoms with Gasteiger partial charge in [0.1, 0.15) is 12.1 Å². The van der Waals surface area contributed by atoms with Crippen molar-refractivity contribution >= 4 is 61.9 Å². The summed E-state index contributed by atoms with van der Waals surface area (Å²) in [7, 11) is 0. The van der Waals surface area contributed by atoms with Crippen molar-refractivity contribution < 1.29 is 24.0 Å². The minimum Gasteiger partial charge on any atom is -0.351 e. The van der Waals surface area contributed by atoms with Crippen LogP contribution in [0.2, 0.25) is 0 Å². The molecule has 5 amide bonds. The Hall–Kier alpha value is -7.18. The Morgan fingerprint density at radius 1 is 0.633 bits per heavy atom. The molecule has 11 N–H and O–H groups in total. The molecular weight excluding hydrogens is 767 g/mol. The Bertz CT molecular complexity index is 2520. The summed E-state index contributed by atoms with van der Waals surface area (Å²) in [5.74, 6) is -2.90. The van der Waals surface area contributed by atoms with Crippen LogP contribution in [0.3, 0.4) is 0 Å². The fourth-order valence-electron chi connectivity index (χ4n) is 7.35. The fourth-order valence-corrected chi connectivity index (χ4v) is 7.35. The molecular formula is C42H47N13O5. The van der Waals surface area contributed by atoms with Gasteiger partial charge in [-0.2, -0.15) is 0 Å². The maximum Gasteiger partial charge on any atom is 0.243 e. The monoisotopic (exact) mass is 813 g/mol. The molecule has 0 fully saturated rings. The molecule has 18 heteroatoms. The normalized spacial score (nSPS) is 12.9. The molecule has 60 heavy (non-hydrogen) atoms. The number of imidazole rings is 3. The van der Waals surface area contributed by atoms with E-state index in [4.69, 9.17) is 5.73 Å². The van der Waals surface area contributed by atoms with Gasteiger partial charge in [-0.1, -0.05) is 48.5 Å². The van der Waals surface area contributed by atoms with Crippen LogP contribution in [0.5, 0.6) is 0 Å². The summed E-state index contributed by atoms with van der Waals surface area (Å²) < 4.78 is 0. The number of hydrogen-bond acceptors (Lipinski definition) is 10. The number of nitrogens with one attached hydrogen (secondary N) is 9. The molecule has 310 valence electrons. The van der Waals surface area contributed by atoms with Gasteiger partial charge in [-0.3, -0.25) is 24.0 Å². The molecule has 0 saturated carbocycles. The second kappa shape index (κ2) is 19.5. The molecule has 18 nitrogen and oxygen atoms in total. The number of benzene rings is 4. The van der Waals surface area contributed by atoms with Gasteiger partial charge in [0, 0.05) is 67.6 Å². The largest absolute Gasteiger partial charge is 0.351 e. The van der Waals surface area contributed by atoms with Crippen LogP contribution in [-0.4, -0.2) is 104 Å². The van der Waals surface area contributed by atoms with E-state index in [0.29, 0.717) is 37.3 Å².